The fraction of sp³-hybridized carbons (Fsp3) is 0.316. The first-order valence-electron chi connectivity index (χ1n) is 8.35. The highest BCUT2D eigenvalue weighted by atomic mass is 32.2. The van der Waals surface area contributed by atoms with E-state index in [0.29, 0.717) is 36.5 Å². The molecule has 26 heavy (non-hydrogen) atoms. The molecule has 1 saturated heterocycles. The number of nitrogens with one attached hydrogen (secondary N) is 1. The van der Waals surface area contributed by atoms with Crippen molar-refractivity contribution < 1.29 is 13.2 Å². The first-order valence-corrected chi connectivity index (χ1v) is 9.79. The summed E-state index contributed by atoms with van der Waals surface area (Å²) in [6.45, 7) is 3.20. The van der Waals surface area contributed by atoms with Crippen LogP contribution in [0.25, 0.3) is 0 Å². The zero-order valence-electron chi connectivity index (χ0n) is 14.8. The minimum Gasteiger partial charge on any atom is -0.496 e. The van der Waals surface area contributed by atoms with Crippen LogP contribution in [0.15, 0.2) is 47.4 Å². The highest BCUT2D eigenvalue weighted by molar-refractivity contribution is 7.89. The average molecular weight is 371 g/mol. The van der Waals surface area contributed by atoms with Crippen molar-refractivity contribution in [2.75, 3.05) is 26.7 Å². The molecule has 0 aromatic heterocycles. The van der Waals surface area contributed by atoms with Crippen molar-refractivity contribution in [1.82, 2.24) is 9.62 Å². The van der Waals surface area contributed by atoms with Gasteiger partial charge in [-0.1, -0.05) is 18.2 Å². The van der Waals surface area contributed by atoms with E-state index in [2.05, 4.69) is 11.4 Å². The normalized spacial score (nSPS) is 18.3. The minimum atomic E-state index is -3.70. The van der Waals surface area contributed by atoms with Crippen molar-refractivity contribution in [3.63, 3.8) is 0 Å². The molecular weight excluding hydrogens is 350 g/mol. The highest BCUT2D eigenvalue weighted by Gasteiger charge is 2.35. The summed E-state index contributed by atoms with van der Waals surface area (Å²) in [6.07, 6.45) is 0. The number of aryl methyl sites for hydroxylation is 1. The van der Waals surface area contributed by atoms with Crippen LogP contribution in [-0.2, 0) is 10.0 Å². The van der Waals surface area contributed by atoms with Gasteiger partial charge in [-0.15, -0.1) is 0 Å². The molecule has 1 atom stereocenters. The summed E-state index contributed by atoms with van der Waals surface area (Å²) in [5.74, 6) is 0.664. The number of benzene rings is 2. The molecule has 6 nitrogen and oxygen atoms in total. The van der Waals surface area contributed by atoms with Gasteiger partial charge in [0, 0.05) is 25.2 Å². The van der Waals surface area contributed by atoms with Gasteiger partial charge < -0.3 is 10.1 Å². The number of hydrogen-bond donors (Lipinski definition) is 1. The number of para-hydroxylation sites is 1. The first-order chi connectivity index (χ1) is 12.5. The van der Waals surface area contributed by atoms with Crippen molar-refractivity contribution in [3.8, 4) is 11.8 Å². The zero-order chi connectivity index (χ0) is 18.7. The number of sulfonamides is 1. The van der Waals surface area contributed by atoms with E-state index in [9.17, 15) is 8.42 Å². The van der Waals surface area contributed by atoms with Crippen molar-refractivity contribution >= 4 is 10.0 Å². The van der Waals surface area contributed by atoms with E-state index in [1.807, 2.05) is 24.3 Å². The van der Waals surface area contributed by atoms with Gasteiger partial charge in [0.2, 0.25) is 10.0 Å². The monoisotopic (exact) mass is 371 g/mol. The molecule has 1 N–H and O–H groups in total. The summed E-state index contributed by atoms with van der Waals surface area (Å²) in [7, 11) is -2.12. The lowest BCUT2D eigenvalue weighted by molar-refractivity contribution is 0.264. The molecular formula is C19H21N3O3S. The van der Waals surface area contributed by atoms with Gasteiger partial charge in [0.1, 0.15) is 5.75 Å². The van der Waals surface area contributed by atoms with Crippen LogP contribution in [0.2, 0.25) is 0 Å². The number of hydrogen-bond acceptors (Lipinski definition) is 5. The molecule has 1 heterocycles. The van der Waals surface area contributed by atoms with Gasteiger partial charge in [-0.3, -0.25) is 0 Å². The number of ether oxygens (including phenoxy) is 1. The lowest BCUT2D eigenvalue weighted by atomic mass is 10.0. The summed E-state index contributed by atoms with van der Waals surface area (Å²) in [4.78, 5) is 0.204. The number of methoxy groups -OCH3 is 1. The third-order valence-corrected chi connectivity index (χ3v) is 6.52. The Kier molecular flexibility index (Phi) is 5.28. The summed E-state index contributed by atoms with van der Waals surface area (Å²) < 4.78 is 33.5. The molecule has 1 aliphatic rings. The Morgan fingerprint density at radius 3 is 2.73 bits per heavy atom. The van der Waals surface area contributed by atoms with Crippen LogP contribution in [0.3, 0.4) is 0 Å². The van der Waals surface area contributed by atoms with E-state index in [1.165, 1.54) is 10.4 Å². The van der Waals surface area contributed by atoms with Crippen LogP contribution in [0.1, 0.15) is 22.7 Å². The lowest BCUT2D eigenvalue weighted by Crippen LogP contribution is -2.48. The highest BCUT2D eigenvalue weighted by Crippen LogP contribution is 2.34. The molecule has 0 bridgehead atoms. The Morgan fingerprint density at radius 2 is 2.04 bits per heavy atom. The van der Waals surface area contributed by atoms with E-state index < -0.39 is 10.0 Å². The van der Waals surface area contributed by atoms with E-state index in [-0.39, 0.29) is 10.9 Å². The molecule has 7 heteroatoms. The van der Waals surface area contributed by atoms with E-state index in [1.54, 1.807) is 26.2 Å². The average Bonchev–Trinajstić information content (AvgIpc) is 2.67. The van der Waals surface area contributed by atoms with E-state index >= 15 is 0 Å². The second-order valence-corrected chi connectivity index (χ2v) is 8.06. The third-order valence-electron chi connectivity index (χ3n) is 4.62. The maximum atomic E-state index is 13.3. The maximum Gasteiger partial charge on any atom is 0.243 e. The van der Waals surface area contributed by atoms with Crippen LogP contribution in [-0.4, -0.2) is 39.5 Å². The summed E-state index contributed by atoms with van der Waals surface area (Å²) in [5, 5.41) is 12.3. The van der Waals surface area contributed by atoms with Gasteiger partial charge in [-0.2, -0.15) is 9.57 Å². The Bertz CT molecular complexity index is 951. The molecule has 136 valence electrons. The van der Waals surface area contributed by atoms with Crippen LogP contribution >= 0.6 is 0 Å². The Hall–Kier alpha value is -2.40. The van der Waals surface area contributed by atoms with Crippen molar-refractivity contribution in [2.45, 2.75) is 17.9 Å². The molecule has 0 radical (unpaired) electrons. The van der Waals surface area contributed by atoms with Gasteiger partial charge in [-0.25, -0.2) is 8.42 Å². The van der Waals surface area contributed by atoms with Gasteiger partial charge in [0.05, 0.1) is 29.7 Å². The lowest BCUT2D eigenvalue weighted by Gasteiger charge is -2.36. The molecule has 1 fully saturated rings. The predicted molar refractivity (Wildman–Crippen MR) is 98.4 cm³/mol. The predicted octanol–water partition coefficient (Wildman–Crippen LogP) is 2.21. The molecule has 0 saturated carbocycles. The second-order valence-electron chi connectivity index (χ2n) is 6.17. The van der Waals surface area contributed by atoms with E-state index in [0.717, 1.165) is 5.56 Å². The van der Waals surface area contributed by atoms with Crippen LogP contribution in [0.4, 0.5) is 0 Å². The van der Waals surface area contributed by atoms with Crippen LogP contribution in [0, 0.1) is 18.3 Å². The zero-order valence-corrected chi connectivity index (χ0v) is 15.6. The molecule has 2 aromatic carbocycles. The van der Waals surface area contributed by atoms with Crippen molar-refractivity contribution in [2.24, 2.45) is 0 Å². The molecule has 0 amide bonds. The maximum absolute atomic E-state index is 13.3. The fourth-order valence-electron chi connectivity index (χ4n) is 3.24. The number of rotatable bonds is 4. The minimum absolute atomic E-state index is 0.204. The van der Waals surface area contributed by atoms with Crippen LogP contribution in [0.5, 0.6) is 5.75 Å². The SMILES string of the molecule is COc1ccccc1C1CNCCN1S(=O)(=O)c1ccc(C#N)c(C)c1. The topological polar surface area (TPSA) is 82.4 Å². The summed E-state index contributed by atoms with van der Waals surface area (Å²) in [5.41, 5.74) is 1.96. The van der Waals surface area contributed by atoms with Gasteiger partial charge in [0.15, 0.2) is 0 Å². The fourth-order valence-corrected chi connectivity index (χ4v) is 4.93. The quantitative estimate of drug-likeness (QED) is 0.891. The van der Waals surface area contributed by atoms with Gasteiger partial charge in [0.25, 0.3) is 0 Å². The molecule has 1 unspecified atom stereocenters. The molecule has 0 spiro atoms. The van der Waals surface area contributed by atoms with Gasteiger partial charge in [-0.05, 0) is 36.8 Å². The third kappa shape index (κ3) is 3.31. The first kappa shape index (κ1) is 18.4. The molecule has 2 aromatic rings. The Morgan fingerprint density at radius 1 is 1.27 bits per heavy atom. The summed E-state index contributed by atoms with van der Waals surface area (Å²) in [6, 6.07) is 13.8. The molecule has 1 aliphatic heterocycles. The van der Waals surface area contributed by atoms with Gasteiger partial charge >= 0.3 is 0 Å². The van der Waals surface area contributed by atoms with Crippen molar-refractivity contribution in [3.05, 3.63) is 59.2 Å². The number of nitriles is 1. The molecule has 3 rings (SSSR count). The standard InChI is InChI=1S/C19H21N3O3S/c1-14-11-16(8-7-15(14)12-20)26(23,24)22-10-9-21-13-18(22)17-5-3-4-6-19(17)25-2/h3-8,11,18,21H,9-10,13H2,1-2H3. The number of piperazine rings is 1. The van der Waals surface area contributed by atoms with Crippen molar-refractivity contribution in [1.29, 1.82) is 5.26 Å². The smallest absolute Gasteiger partial charge is 0.243 e. The number of nitrogens with zero attached hydrogens (tertiary/aromatic N) is 2. The Labute approximate surface area is 154 Å². The molecule has 0 aliphatic carbocycles. The second kappa shape index (κ2) is 7.46. The summed E-state index contributed by atoms with van der Waals surface area (Å²) >= 11 is 0. The Balaban J connectivity index is 2.04. The van der Waals surface area contributed by atoms with E-state index in [4.69, 9.17) is 10.00 Å². The van der Waals surface area contributed by atoms with Crippen LogP contribution < -0.4 is 10.1 Å². The largest absolute Gasteiger partial charge is 0.496 e.